The van der Waals surface area contributed by atoms with E-state index in [0.717, 1.165) is 19.3 Å². The van der Waals surface area contributed by atoms with Crippen molar-refractivity contribution in [2.45, 2.75) is 58.3 Å². The Morgan fingerprint density at radius 1 is 1.04 bits per heavy atom. The van der Waals surface area contributed by atoms with E-state index in [0.29, 0.717) is 12.0 Å². The predicted octanol–water partition coefficient (Wildman–Crippen LogP) is 2.80. The second-order valence-corrected chi connectivity index (χ2v) is 6.18. The summed E-state index contributed by atoms with van der Waals surface area (Å²) in [6.45, 7) is 2.04. The SMILES string of the molecule is CCCCCCCCCC(=O)NCC(=O)NN=Cc1ccc(O)cc1O. The van der Waals surface area contributed by atoms with Gasteiger partial charge in [-0.05, 0) is 18.6 Å². The summed E-state index contributed by atoms with van der Waals surface area (Å²) in [4.78, 5) is 23.3. The first-order valence-electron chi connectivity index (χ1n) is 9.13. The lowest BCUT2D eigenvalue weighted by Gasteiger charge is -2.04. The van der Waals surface area contributed by atoms with E-state index in [2.05, 4.69) is 22.8 Å². The summed E-state index contributed by atoms with van der Waals surface area (Å²) in [5, 5.41) is 25.0. The number of phenolic OH excluding ortho intramolecular Hbond substituents is 2. The maximum atomic E-state index is 11.7. The van der Waals surface area contributed by atoms with E-state index < -0.39 is 5.91 Å². The minimum absolute atomic E-state index is 0.0626. The number of hydrazone groups is 1. The zero-order valence-electron chi connectivity index (χ0n) is 15.3. The van der Waals surface area contributed by atoms with Gasteiger partial charge < -0.3 is 15.5 Å². The van der Waals surface area contributed by atoms with Gasteiger partial charge in [0.05, 0.1) is 12.8 Å². The van der Waals surface area contributed by atoms with Crippen molar-refractivity contribution in [3.63, 3.8) is 0 Å². The van der Waals surface area contributed by atoms with Gasteiger partial charge in [-0.25, -0.2) is 5.43 Å². The highest BCUT2D eigenvalue weighted by Gasteiger charge is 2.05. The summed E-state index contributed by atoms with van der Waals surface area (Å²) in [6, 6.07) is 4.03. The number of benzene rings is 1. The van der Waals surface area contributed by atoms with E-state index in [9.17, 15) is 19.8 Å². The second-order valence-electron chi connectivity index (χ2n) is 6.18. The van der Waals surface area contributed by atoms with E-state index in [1.165, 1.54) is 50.1 Å². The van der Waals surface area contributed by atoms with Gasteiger partial charge >= 0.3 is 0 Å². The average molecular weight is 363 g/mol. The van der Waals surface area contributed by atoms with Crippen molar-refractivity contribution in [3.8, 4) is 11.5 Å². The van der Waals surface area contributed by atoms with Crippen LogP contribution in [-0.4, -0.2) is 34.8 Å². The van der Waals surface area contributed by atoms with Gasteiger partial charge in [-0.2, -0.15) is 5.10 Å². The van der Waals surface area contributed by atoms with Crippen LogP contribution in [-0.2, 0) is 9.59 Å². The third-order valence-corrected chi connectivity index (χ3v) is 3.86. The van der Waals surface area contributed by atoms with Crippen LogP contribution in [0.25, 0.3) is 0 Å². The number of hydrogen-bond acceptors (Lipinski definition) is 5. The van der Waals surface area contributed by atoms with Crippen molar-refractivity contribution in [2.24, 2.45) is 5.10 Å². The van der Waals surface area contributed by atoms with Gasteiger partial charge in [0, 0.05) is 18.1 Å². The van der Waals surface area contributed by atoms with E-state index in [1.54, 1.807) is 0 Å². The molecule has 0 aliphatic heterocycles. The van der Waals surface area contributed by atoms with E-state index >= 15 is 0 Å². The zero-order valence-corrected chi connectivity index (χ0v) is 15.3. The number of carbonyl (C=O) groups is 2. The topological polar surface area (TPSA) is 111 Å². The summed E-state index contributed by atoms with van der Waals surface area (Å²) >= 11 is 0. The molecule has 7 nitrogen and oxygen atoms in total. The van der Waals surface area contributed by atoms with E-state index in [4.69, 9.17) is 0 Å². The maximum Gasteiger partial charge on any atom is 0.259 e. The summed E-state index contributed by atoms with van der Waals surface area (Å²) < 4.78 is 0. The summed E-state index contributed by atoms with van der Waals surface area (Å²) in [5.74, 6) is -0.806. The molecule has 0 fully saturated rings. The van der Waals surface area contributed by atoms with Gasteiger partial charge in [0.15, 0.2) is 0 Å². The number of carbonyl (C=O) groups excluding carboxylic acids is 2. The highest BCUT2D eigenvalue weighted by Crippen LogP contribution is 2.20. The van der Waals surface area contributed by atoms with Gasteiger partial charge in [0.25, 0.3) is 5.91 Å². The van der Waals surface area contributed by atoms with Gasteiger partial charge in [0.2, 0.25) is 5.91 Å². The fraction of sp³-hybridized carbons (Fsp3) is 0.526. The summed E-state index contributed by atoms with van der Waals surface area (Å²) in [7, 11) is 0. The van der Waals surface area contributed by atoms with Crippen LogP contribution in [0.1, 0.15) is 63.9 Å². The zero-order chi connectivity index (χ0) is 19.2. The number of rotatable bonds is 12. The van der Waals surface area contributed by atoms with Crippen molar-refractivity contribution >= 4 is 18.0 Å². The van der Waals surface area contributed by atoms with Crippen molar-refractivity contribution in [1.82, 2.24) is 10.7 Å². The van der Waals surface area contributed by atoms with Gasteiger partial charge in [-0.3, -0.25) is 9.59 Å². The van der Waals surface area contributed by atoms with E-state index in [-0.39, 0.29) is 24.0 Å². The van der Waals surface area contributed by atoms with Crippen LogP contribution >= 0.6 is 0 Å². The van der Waals surface area contributed by atoms with Crippen LogP contribution in [0, 0.1) is 0 Å². The van der Waals surface area contributed by atoms with Crippen molar-refractivity contribution in [2.75, 3.05) is 6.54 Å². The lowest BCUT2D eigenvalue weighted by Crippen LogP contribution is -2.34. The highest BCUT2D eigenvalue weighted by atomic mass is 16.3. The number of nitrogens with one attached hydrogen (secondary N) is 2. The molecule has 144 valence electrons. The van der Waals surface area contributed by atoms with Crippen molar-refractivity contribution in [1.29, 1.82) is 0 Å². The van der Waals surface area contributed by atoms with Gasteiger partial charge in [-0.15, -0.1) is 0 Å². The summed E-state index contributed by atoms with van der Waals surface area (Å²) in [6.07, 6.45) is 9.65. The molecule has 0 aliphatic carbocycles. The molecule has 0 unspecified atom stereocenters. The molecule has 4 N–H and O–H groups in total. The molecule has 0 radical (unpaired) electrons. The Morgan fingerprint density at radius 3 is 2.42 bits per heavy atom. The van der Waals surface area contributed by atoms with Crippen molar-refractivity contribution in [3.05, 3.63) is 23.8 Å². The Morgan fingerprint density at radius 2 is 1.73 bits per heavy atom. The second kappa shape index (κ2) is 12.7. The monoisotopic (exact) mass is 363 g/mol. The number of aromatic hydroxyl groups is 2. The quantitative estimate of drug-likeness (QED) is 0.260. The third kappa shape index (κ3) is 9.66. The molecule has 0 saturated heterocycles. The molecule has 0 bridgehead atoms. The number of unbranched alkanes of at least 4 members (excludes halogenated alkanes) is 6. The number of amides is 2. The minimum Gasteiger partial charge on any atom is -0.508 e. The molecule has 0 aliphatic rings. The molecule has 1 rings (SSSR count). The van der Waals surface area contributed by atoms with Gasteiger partial charge in [-0.1, -0.05) is 45.4 Å². The first-order chi connectivity index (χ1) is 12.5. The molecule has 0 saturated carbocycles. The highest BCUT2D eigenvalue weighted by molar-refractivity contribution is 5.87. The molecule has 2 amide bonds. The van der Waals surface area contributed by atoms with Crippen molar-refractivity contribution < 1.29 is 19.8 Å². The molecule has 0 aromatic heterocycles. The minimum atomic E-state index is -0.451. The van der Waals surface area contributed by atoms with Crippen LogP contribution in [0.4, 0.5) is 0 Å². The van der Waals surface area contributed by atoms with Gasteiger partial charge in [0.1, 0.15) is 11.5 Å². The molecule has 1 aromatic rings. The Kier molecular flexibility index (Phi) is 10.5. The standard InChI is InChI=1S/C19H29N3O4/c1-2-3-4-5-6-7-8-9-18(25)20-14-19(26)22-21-13-15-10-11-16(23)12-17(15)24/h10-13,23-24H,2-9,14H2,1H3,(H,20,25)(H,22,26). The Hall–Kier alpha value is -2.57. The lowest BCUT2D eigenvalue weighted by atomic mass is 10.1. The van der Waals surface area contributed by atoms with Crippen LogP contribution in [0.3, 0.4) is 0 Å². The smallest absolute Gasteiger partial charge is 0.259 e. The molecule has 7 heteroatoms. The first-order valence-corrected chi connectivity index (χ1v) is 9.13. The maximum absolute atomic E-state index is 11.7. The fourth-order valence-electron chi connectivity index (χ4n) is 2.36. The Balaban J connectivity index is 2.13. The van der Waals surface area contributed by atoms with Crippen LogP contribution < -0.4 is 10.7 Å². The number of phenols is 2. The Bertz CT molecular complexity index is 602. The van der Waals surface area contributed by atoms with E-state index in [1.807, 2.05) is 0 Å². The lowest BCUT2D eigenvalue weighted by molar-refractivity contribution is -0.126. The Labute approximate surface area is 154 Å². The largest absolute Gasteiger partial charge is 0.508 e. The molecule has 0 heterocycles. The molecule has 0 atom stereocenters. The van der Waals surface area contributed by atoms with Crippen LogP contribution in [0.5, 0.6) is 11.5 Å². The normalized spacial score (nSPS) is 10.8. The number of nitrogens with zero attached hydrogens (tertiary/aromatic N) is 1. The first kappa shape index (κ1) is 21.5. The number of hydrogen-bond donors (Lipinski definition) is 4. The third-order valence-electron chi connectivity index (χ3n) is 3.86. The van der Waals surface area contributed by atoms with Crippen LogP contribution in [0.2, 0.25) is 0 Å². The molecule has 1 aromatic carbocycles. The molecular weight excluding hydrogens is 334 g/mol. The predicted molar refractivity (Wildman–Crippen MR) is 101 cm³/mol. The fourth-order valence-corrected chi connectivity index (χ4v) is 2.36. The summed E-state index contributed by atoms with van der Waals surface area (Å²) in [5.41, 5.74) is 2.62. The molecular formula is C19H29N3O4. The molecule has 26 heavy (non-hydrogen) atoms. The average Bonchev–Trinajstić information content (AvgIpc) is 2.61. The molecule has 0 spiro atoms. The van der Waals surface area contributed by atoms with Crippen LogP contribution in [0.15, 0.2) is 23.3 Å².